The Bertz CT molecular complexity index is 901. The van der Waals surface area contributed by atoms with Crippen molar-refractivity contribution in [1.29, 1.82) is 0 Å². The van der Waals surface area contributed by atoms with Gasteiger partial charge in [0, 0.05) is 25.8 Å². The van der Waals surface area contributed by atoms with Gasteiger partial charge < -0.3 is 24.8 Å². The summed E-state index contributed by atoms with van der Waals surface area (Å²) in [4.78, 5) is 0. The molecule has 3 heteroatoms. The molecule has 23 heavy (non-hydrogen) atoms. The molecular formula is C20H17Cl2Hf-3. The van der Waals surface area contributed by atoms with Crippen LogP contribution in [0.2, 0.25) is 0 Å². The fraction of sp³-hybridized carbons (Fsp3) is 0.150. The van der Waals surface area contributed by atoms with Crippen molar-refractivity contribution in [2.45, 2.75) is 20.3 Å². The molecule has 0 unspecified atom stereocenters. The summed E-state index contributed by atoms with van der Waals surface area (Å²) in [5.41, 5.74) is 5.58. The largest absolute Gasteiger partial charge is 1.00 e. The van der Waals surface area contributed by atoms with Crippen LogP contribution in [-0.2, 0) is 25.8 Å². The van der Waals surface area contributed by atoms with Gasteiger partial charge in [-0.1, -0.05) is 64.8 Å². The third kappa shape index (κ3) is 3.38. The van der Waals surface area contributed by atoms with Crippen molar-refractivity contribution in [3.8, 4) is 0 Å². The fourth-order valence-corrected chi connectivity index (χ4v) is 3.37. The molecule has 0 bridgehead atoms. The molecule has 0 saturated heterocycles. The summed E-state index contributed by atoms with van der Waals surface area (Å²) in [6.45, 7) is 4.38. The van der Waals surface area contributed by atoms with E-state index in [1.807, 2.05) is 0 Å². The third-order valence-electron chi connectivity index (χ3n) is 4.34. The average molecular weight is 507 g/mol. The molecule has 1 aliphatic rings. The van der Waals surface area contributed by atoms with Crippen LogP contribution in [0.1, 0.15) is 23.1 Å². The molecule has 3 aromatic rings. The van der Waals surface area contributed by atoms with Gasteiger partial charge in [0.15, 0.2) is 0 Å². The minimum atomic E-state index is 0. The zero-order valence-corrected chi connectivity index (χ0v) is 18.3. The van der Waals surface area contributed by atoms with Gasteiger partial charge in [0.25, 0.3) is 0 Å². The van der Waals surface area contributed by atoms with Gasteiger partial charge in [-0.25, -0.2) is 0 Å². The number of benzene rings is 2. The Balaban J connectivity index is 0.000000882. The first-order valence-corrected chi connectivity index (χ1v) is 7.19. The Kier molecular flexibility index (Phi) is 6.95. The molecule has 0 N–H and O–H groups in total. The molecule has 0 atom stereocenters. The standard InChI is InChI=1S/C20H17.2ClH.Hf/c1-13-7-9-17-16(11-13)12-19-18(17)10-8-14(2)20(19)15-5-3-4-6-15;;;/h3-5,7-12H,6H2,1-2H3;2*1H;/q-1;;;/p-2. The van der Waals surface area contributed by atoms with Crippen LogP contribution in [0.5, 0.6) is 0 Å². The first-order valence-electron chi connectivity index (χ1n) is 7.19. The van der Waals surface area contributed by atoms with Crippen molar-refractivity contribution in [3.63, 3.8) is 0 Å². The van der Waals surface area contributed by atoms with Crippen LogP contribution in [0, 0.1) is 13.8 Å². The maximum Gasteiger partial charge on any atom is 0 e. The number of aryl methyl sites for hydroxylation is 2. The normalized spacial score (nSPS) is 12.5. The van der Waals surface area contributed by atoms with E-state index in [-0.39, 0.29) is 50.7 Å². The summed E-state index contributed by atoms with van der Waals surface area (Å²) >= 11 is 0. The second kappa shape index (κ2) is 7.88. The molecule has 0 saturated carbocycles. The number of halogens is 2. The Morgan fingerprint density at radius 1 is 0.957 bits per heavy atom. The summed E-state index contributed by atoms with van der Waals surface area (Å²) in [7, 11) is 0. The summed E-state index contributed by atoms with van der Waals surface area (Å²) in [6.07, 6.45) is 7.71. The van der Waals surface area contributed by atoms with Crippen molar-refractivity contribution in [3.05, 3.63) is 71.3 Å². The van der Waals surface area contributed by atoms with E-state index in [9.17, 15) is 0 Å². The molecule has 3 aromatic carbocycles. The summed E-state index contributed by atoms with van der Waals surface area (Å²) in [5.74, 6) is 0. The molecule has 0 radical (unpaired) electrons. The SMILES string of the molecule is Cc1ccc2c(c1)[cH-]c1c(C3=CC=CC3)c(C)ccc12.[Cl-].[Cl-].[Hf]. The Hall–Kier alpha value is -0.760. The average Bonchev–Trinajstić information content (AvgIpc) is 3.04. The summed E-state index contributed by atoms with van der Waals surface area (Å²) < 4.78 is 0. The van der Waals surface area contributed by atoms with E-state index in [0.29, 0.717) is 0 Å². The molecule has 4 rings (SSSR count). The van der Waals surface area contributed by atoms with Gasteiger partial charge in [-0.15, -0.1) is 33.7 Å². The molecule has 0 spiro atoms. The number of rotatable bonds is 1. The molecule has 0 fully saturated rings. The molecule has 0 aliphatic heterocycles. The number of hydrogen-bond donors (Lipinski definition) is 0. The quantitative estimate of drug-likeness (QED) is 0.314. The number of allylic oxidation sites excluding steroid dienone is 4. The molecule has 0 amide bonds. The van der Waals surface area contributed by atoms with Crippen LogP contribution >= 0.6 is 0 Å². The van der Waals surface area contributed by atoms with Gasteiger partial charge in [0.1, 0.15) is 0 Å². The van der Waals surface area contributed by atoms with E-state index in [1.54, 1.807) is 0 Å². The van der Waals surface area contributed by atoms with Gasteiger partial charge >= 0.3 is 0 Å². The Morgan fingerprint density at radius 3 is 2.39 bits per heavy atom. The maximum atomic E-state index is 2.36. The molecule has 0 heterocycles. The van der Waals surface area contributed by atoms with Crippen molar-refractivity contribution in [2.75, 3.05) is 0 Å². The monoisotopic (exact) mass is 507 g/mol. The number of hydrogen-bond acceptors (Lipinski definition) is 0. The summed E-state index contributed by atoms with van der Waals surface area (Å²) in [5, 5.41) is 5.52. The van der Waals surface area contributed by atoms with Crippen LogP contribution in [0.15, 0.2) is 54.6 Å². The van der Waals surface area contributed by atoms with Crippen molar-refractivity contribution in [1.82, 2.24) is 0 Å². The van der Waals surface area contributed by atoms with Crippen molar-refractivity contribution >= 4 is 27.1 Å². The van der Waals surface area contributed by atoms with E-state index in [2.05, 4.69) is 68.5 Å². The van der Waals surface area contributed by atoms with Gasteiger partial charge in [0.05, 0.1) is 0 Å². The van der Waals surface area contributed by atoms with Crippen LogP contribution in [0.25, 0.3) is 27.1 Å². The smallest absolute Gasteiger partial charge is 0 e. The van der Waals surface area contributed by atoms with Crippen molar-refractivity contribution in [2.24, 2.45) is 0 Å². The van der Waals surface area contributed by atoms with E-state index < -0.39 is 0 Å². The summed E-state index contributed by atoms with van der Waals surface area (Å²) in [6, 6.07) is 13.6. The van der Waals surface area contributed by atoms with E-state index in [4.69, 9.17) is 0 Å². The maximum absolute atomic E-state index is 2.36. The minimum Gasteiger partial charge on any atom is -1.00 e. The van der Waals surface area contributed by atoms with Gasteiger partial charge in [-0.3, -0.25) is 0 Å². The van der Waals surface area contributed by atoms with Crippen molar-refractivity contribution < 1.29 is 50.7 Å². The molecular weight excluding hydrogens is 490 g/mol. The second-order valence-electron chi connectivity index (χ2n) is 5.78. The van der Waals surface area contributed by atoms with Crippen LogP contribution in [0.4, 0.5) is 0 Å². The molecule has 118 valence electrons. The van der Waals surface area contributed by atoms with Gasteiger partial charge in [-0.05, 0) is 20.3 Å². The van der Waals surface area contributed by atoms with E-state index in [1.165, 1.54) is 43.8 Å². The van der Waals surface area contributed by atoms with E-state index >= 15 is 0 Å². The number of fused-ring (bicyclic) bond motifs is 3. The van der Waals surface area contributed by atoms with Gasteiger partial charge in [-0.2, -0.15) is 0 Å². The molecule has 0 aromatic heterocycles. The van der Waals surface area contributed by atoms with Crippen LogP contribution < -0.4 is 24.8 Å². The van der Waals surface area contributed by atoms with Crippen LogP contribution in [0.3, 0.4) is 0 Å². The van der Waals surface area contributed by atoms with Crippen LogP contribution in [-0.4, -0.2) is 0 Å². The predicted molar refractivity (Wildman–Crippen MR) is 88.3 cm³/mol. The molecule has 1 aliphatic carbocycles. The first kappa shape index (κ1) is 20.3. The zero-order chi connectivity index (χ0) is 13.7. The van der Waals surface area contributed by atoms with Gasteiger partial charge in [0.2, 0.25) is 0 Å². The predicted octanol–water partition coefficient (Wildman–Crippen LogP) is -0.322. The van der Waals surface area contributed by atoms with E-state index in [0.717, 1.165) is 6.42 Å². The third-order valence-corrected chi connectivity index (χ3v) is 4.34. The Morgan fingerprint density at radius 2 is 1.70 bits per heavy atom. The topological polar surface area (TPSA) is 0 Å². The Labute approximate surface area is 168 Å². The zero-order valence-electron chi connectivity index (χ0n) is 13.2. The fourth-order valence-electron chi connectivity index (χ4n) is 3.37. The molecule has 0 nitrogen and oxygen atoms in total. The second-order valence-corrected chi connectivity index (χ2v) is 5.78. The minimum absolute atomic E-state index is 0. The first-order chi connectivity index (χ1) is 9.74.